The molecule has 1 saturated heterocycles. The second kappa shape index (κ2) is 8.94. The van der Waals surface area contributed by atoms with Gasteiger partial charge in [0, 0.05) is 5.56 Å². The summed E-state index contributed by atoms with van der Waals surface area (Å²) in [5.41, 5.74) is 1.07. The van der Waals surface area contributed by atoms with E-state index in [4.69, 9.17) is 9.47 Å². The van der Waals surface area contributed by atoms with E-state index in [9.17, 15) is 19.2 Å². The molecule has 3 atom stereocenters. The second-order valence-electron chi connectivity index (χ2n) is 8.42. The molecular formula is C25H25NO6. The summed E-state index contributed by atoms with van der Waals surface area (Å²) in [6.45, 7) is 1.70. The average molecular weight is 435 g/mol. The SMILES string of the molecule is COc1cccc(C(=O)COC(=O)c2ccc(N3C(=O)[C@H]4C[C@H](C)CC[C@H]4C3=O)cc2)c1. The lowest BCUT2D eigenvalue weighted by molar-refractivity contribution is -0.122. The number of methoxy groups -OCH3 is 1. The van der Waals surface area contributed by atoms with Crippen molar-refractivity contribution in [3.05, 3.63) is 59.7 Å². The van der Waals surface area contributed by atoms with Crippen LogP contribution < -0.4 is 9.64 Å². The summed E-state index contributed by atoms with van der Waals surface area (Å²) in [7, 11) is 1.50. The molecule has 2 amide bonds. The molecule has 0 radical (unpaired) electrons. The lowest BCUT2D eigenvalue weighted by atomic mass is 9.76. The molecule has 2 aromatic rings. The highest BCUT2D eigenvalue weighted by Gasteiger charge is 2.49. The maximum absolute atomic E-state index is 12.8. The molecule has 0 aromatic heterocycles. The number of benzene rings is 2. The smallest absolute Gasteiger partial charge is 0.338 e. The van der Waals surface area contributed by atoms with Gasteiger partial charge in [0.15, 0.2) is 12.4 Å². The Morgan fingerprint density at radius 3 is 2.41 bits per heavy atom. The van der Waals surface area contributed by atoms with E-state index < -0.39 is 12.6 Å². The van der Waals surface area contributed by atoms with Crippen LogP contribution in [0.4, 0.5) is 5.69 Å². The van der Waals surface area contributed by atoms with Gasteiger partial charge in [-0.2, -0.15) is 0 Å². The molecule has 7 heteroatoms. The minimum atomic E-state index is -0.658. The fraction of sp³-hybridized carbons (Fsp3) is 0.360. The van der Waals surface area contributed by atoms with Gasteiger partial charge in [0.05, 0.1) is 30.2 Å². The Kier molecular flexibility index (Phi) is 6.08. The molecule has 166 valence electrons. The maximum atomic E-state index is 12.8. The quantitative estimate of drug-likeness (QED) is 0.391. The molecular weight excluding hydrogens is 410 g/mol. The first-order valence-electron chi connectivity index (χ1n) is 10.7. The zero-order chi connectivity index (χ0) is 22.8. The highest BCUT2D eigenvalue weighted by Crippen LogP contribution is 2.42. The molecule has 1 heterocycles. The van der Waals surface area contributed by atoms with Gasteiger partial charge in [-0.25, -0.2) is 4.79 Å². The van der Waals surface area contributed by atoms with Crippen LogP contribution in [-0.2, 0) is 14.3 Å². The number of esters is 1. The van der Waals surface area contributed by atoms with Crippen molar-refractivity contribution in [1.82, 2.24) is 0 Å². The van der Waals surface area contributed by atoms with Crippen molar-refractivity contribution in [1.29, 1.82) is 0 Å². The highest BCUT2D eigenvalue weighted by atomic mass is 16.5. The minimum Gasteiger partial charge on any atom is -0.497 e. The zero-order valence-corrected chi connectivity index (χ0v) is 18.1. The number of Topliss-reactive ketones (excluding diaryl/α,β-unsaturated/α-hetero) is 1. The van der Waals surface area contributed by atoms with Gasteiger partial charge in [-0.1, -0.05) is 19.1 Å². The Morgan fingerprint density at radius 1 is 0.969 bits per heavy atom. The number of imide groups is 1. The van der Waals surface area contributed by atoms with Crippen LogP contribution in [0.5, 0.6) is 5.75 Å². The fourth-order valence-electron chi connectivity index (χ4n) is 4.48. The third-order valence-electron chi connectivity index (χ3n) is 6.27. The Bertz CT molecular complexity index is 1060. The number of carbonyl (C=O) groups excluding carboxylic acids is 4. The fourth-order valence-corrected chi connectivity index (χ4v) is 4.48. The van der Waals surface area contributed by atoms with Crippen molar-refractivity contribution in [3.63, 3.8) is 0 Å². The van der Waals surface area contributed by atoms with Gasteiger partial charge >= 0.3 is 5.97 Å². The van der Waals surface area contributed by atoms with Crippen LogP contribution >= 0.6 is 0 Å². The maximum Gasteiger partial charge on any atom is 0.338 e. The summed E-state index contributed by atoms with van der Waals surface area (Å²) >= 11 is 0. The largest absolute Gasteiger partial charge is 0.497 e. The molecule has 0 N–H and O–H groups in total. The number of ketones is 1. The first-order chi connectivity index (χ1) is 15.4. The van der Waals surface area contributed by atoms with Crippen LogP contribution in [0.1, 0.15) is 46.9 Å². The van der Waals surface area contributed by atoms with E-state index in [1.165, 1.54) is 24.1 Å². The van der Waals surface area contributed by atoms with Crippen LogP contribution in [-0.4, -0.2) is 37.3 Å². The third kappa shape index (κ3) is 4.15. The number of hydrogen-bond donors (Lipinski definition) is 0. The number of ether oxygens (including phenoxy) is 2. The van der Waals surface area contributed by atoms with E-state index in [2.05, 4.69) is 6.92 Å². The average Bonchev–Trinajstić information content (AvgIpc) is 3.06. The predicted molar refractivity (Wildman–Crippen MR) is 117 cm³/mol. The number of rotatable bonds is 6. The zero-order valence-electron chi connectivity index (χ0n) is 18.1. The van der Waals surface area contributed by atoms with Crippen molar-refractivity contribution < 1.29 is 28.7 Å². The van der Waals surface area contributed by atoms with Gasteiger partial charge in [0.2, 0.25) is 11.8 Å². The van der Waals surface area contributed by atoms with Gasteiger partial charge < -0.3 is 9.47 Å². The highest BCUT2D eigenvalue weighted by molar-refractivity contribution is 6.22. The van der Waals surface area contributed by atoms with Crippen LogP contribution in [0.3, 0.4) is 0 Å². The van der Waals surface area contributed by atoms with Crippen LogP contribution in [0, 0.1) is 17.8 Å². The second-order valence-corrected chi connectivity index (χ2v) is 8.42. The summed E-state index contributed by atoms with van der Waals surface area (Å²) in [5.74, 6) is -0.850. The first kappa shape index (κ1) is 21.7. The molecule has 1 saturated carbocycles. The van der Waals surface area contributed by atoms with E-state index in [0.717, 1.165) is 19.3 Å². The lowest BCUT2D eigenvalue weighted by Crippen LogP contribution is -2.30. The topological polar surface area (TPSA) is 90.0 Å². The van der Waals surface area contributed by atoms with Crippen molar-refractivity contribution >= 4 is 29.3 Å². The minimum absolute atomic E-state index is 0.161. The van der Waals surface area contributed by atoms with Crippen molar-refractivity contribution in [2.75, 3.05) is 18.6 Å². The summed E-state index contributed by atoms with van der Waals surface area (Å²) in [6.07, 6.45) is 2.42. The summed E-state index contributed by atoms with van der Waals surface area (Å²) in [6, 6.07) is 12.7. The van der Waals surface area contributed by atoms with E-state index in [0.29, 0.717) is 22.9 Å². The van der Waals surface area contributed by atoms with Crippen LogP contribution in [0.2, 0.25) is 0 Å². The predicted octanol–water partition coefficient (Wildman–Crippen LogP) is 3.66. The number of fused-ring (bicyclic) bond motifs is 1. The molecule has 1 aliphatic heterocycles. The number of nitrogens with zero attached hydrogens (tertiary/aromatic N) is 1. The summed E-state index contributed by atoms with van der Waals surface area (Å²) in [5, 5.41) is 0. The molecule has 1 aliphatic carbocycles. The van der Waals surface area contributed by atoms with Crippen molar-refractivity contribution in [2.24, 2.45) is 17.8 Å². The van der Waals surface area contributed by atoms with Gasteiger partial charge in [0.25, 0.3) is 0 Å². The number of carbonyl (C=O) groups is 4. The molecule has 0 bridgehead atoms. The standard InChI is InChI=1S/C25H25NO6/c1-15-6-11-20-21(12-15)24(29)26(23(20)28)18-9-7-16(8-10-18)25(30)32-14-22(27)17-4-3-5-19(13-17)31-2/h3-5,7-10,13,15,20-21H,6,11-12,14H2,1-2H3/t15-,20-,21+/m1/s1. The van der Waals surface area contributed by atoms with Gasteiger partial charge in [-0.3, -0.25) is 19.3 Å². The third-order valence-corrected chi connectivity index (χ3v) is 6.27. The van der Waals surface area contributed by atoms with E-state index in [1.807, 2.05) is 0 Å². The molecule has 0 unspecified atom stereocenters. The number of anilines is 1. The monoisotopic (exact) mass is 435 g/mol. The molecule has 0 spiro atoms. The Balaban J connectivity index is 1.40. The van der Waals surface area contributed by atoms with E-state index in [-0.39, 0.29) is 35.0 Å². The Morgan fingerprint density at radius 2 is 1.69 bits per heavy atom. The Labute approximate surface area is 186 Å². The van der Waals surface area contributed by atoms with Gasteiger partial charge in [-0.05, 0) is 61.6 Å². The van der Waals surface area contributed by atoms with E-state index >= 15 is 0 Å². The van der Waals surface area contributed by atoms with Crippen molar-refractivity contribution in [2.45, 2.75) is 26.2 Å². The first-order valence-corrected chi connectivity index (χ1v) is 10.7. The molecule has 2 aliphatic rings. The van der Waals surface area contributed by atoms with Gasteiger partial charge in [-0.15, -0.1) is 0 Å². The van der Waals surface area contributed by atoms with Crippen molar-refractivity contribution in [3.8, 4) is 5.75 Å². The molecule has 2 aromatic carbocycles. The number of hydrogen-bond acceptors (Lipinski definition) is 6. The number of amides is 2. The van der Waals surface area contributed by atoms with Crippen LogP contribution in [0.25, 0.3) is 0 Å². The summed E-state index contributed by atoms with van der Waals surface area (Å²) in [4.78, 5) is 51.5. The lowest BCUT2D eigenvalue weighted by Gasteiger charge is -2.25. The molecule has 4 rings (SSSR count). The molecule has 2 fully saturated rings. The normalized spacial score (nSPS) is 22.4. The molecule has 32 heavy (non-hydrogen) atoms. The summed E-state index contributed by atoms with van der Waals surface area (Å²) < 4.78 is 10.2. The van der Waals surface area contributed by atoms with Crippen LogP contribution in [0.15, 0.2) is 48.5 Å². The molecule has 7 nitrogen and oxygen atoms in total. The Hall–Kier alpha value is -3.48. The van der Waals surface area contributed by atoms with Gasteiger partial charge in [0.1, 0.15) is 5.75 Å². The van der Waals surface area contributed by atoms with E-state index in [1.54, 1.807) is 36.4 Å².